The molecule has 0 aromatic carbocycles. The van der Waals surface area contributed by atoms with Crippen molar-refractivity contribution in [3.8, 4) is 0 Å². The highest BCUT2D eigenvalue weighted by Crippen LogP contribution is 2.86. The summed E-state index contributed by atoms with van der Waals surface area (Å²) in [6.07, 6.45) is 10.5. The molecule has 1 nitrogen and oxygen atoms in total. The molecule has 1 saturated heterocycles. The first-order chi connectivity index (χ1) is 7.09. The third-order valence-electron chi connectivity index (χ3n) is 5.26. The van der Waals surface area contributed by atoms with Crippen molar-refractivity contribution in [3.63, 3.8) is 0 Å². The van der Waals surface area contributed by atoms with Crippen molar-refractivity contribution < 1.29 is 0 Å². The zero-order valence-corrected chi connectivity index (χ0v) is 13.7. The molecular weight excluding hydrogens is 233 g/mol. The second-order valence-corrected chi connectivity index (χ2v) is 20.5. The van der Waals surface area contributed by atoms with Crippen molar-refractivity contribution >= 4 is 16.9 Å². The predicted octanol–water partition coefficient (Wildman–Crippen LogP) is 2.50. The standard InChI is InChI=1S/C13H30NPS/c1-10(13-11-7-14-8-12(11)13)16(3,4,5,6)9-15-2/h10-15H,7-9H2,1-6H3. The van der Waals surface area contributed by atoms with Crippen LogP contribution in [0.5, 0.6) is 0 Å². The summed E-state index contributed by atoms with van der Waals surface area (Å²) in [6, 6.07) is 0. The van der Waals surface area contributed by atoms with Gasteiger partial charge >= 0.3 is 0 Å². The Kier molecular flexibility index (Phi) is 2.63. The monoisotopic (exact) mass is 263 g/mol. The topological polar surface area (TPSA) is 12.0 Å². The number of fused-ring (bicyclic) bond motifs is 1. The Bertz CT molecular complexity index is 294. The van der Waals surface area contributed by atoms with E-state index in [0.717, 1.165) is 31.6 Å². The molecule has 2 rings (SSSR count). The van der Waals surface area contributed by atoms with E-state index in [9.17, 15) is 0 Å². The lowest BCUT2D eigenvalue weighted by Gasteiger charge is -2.74. The van der Waals surface area contributed by atoms with Crippen LogP contribution in [0.4, 0.5) is 0 Å². The summed E-state index contributed by atoms with van der Waals surface area (Å²) in [6.45, 7) is 7.52. The van der Waals surface area contributed by atoms with Gasteiger partial charge in [0.05, 0.1) is 0 Å². The van der Waals surface area contributed by atoms with E-state index in [0.29, 0.717) is 0 Å². The van der Waals surface area contributed by atoms with E-state index in [4.69, 9.17) is 0 Å². The Balaban J connectivity index is 2.17. The second kappa shape index (κ2) is 3.19. The van der Waals surface area contributed by atoms with Crippen LogP contribution in [-0.4, -0.2) is 55.5 Å². The molecule has 1 heterocycles. The van der Waals surface area contributed by atoms with Crippen molar-refractivity contribution in [1.29, 1.82) is 0 Å². The molecule has 1 aliphatic heterocycles. The van der Waals surface area contributed by atoms with Crippen LogP contribution in [-0.2, 0) is 0 Å². The molecule has 0 amide bonds. The smallest absolute Gasteiger partial charge is 0.00140 e. The van der Waals surface area contributed by atoms with Gasteiger partial charge < -0.3 is 5.32 Å². The minimum atomic E-state index is -1.80. The van der Waals surface area contributed by atoms with Crippen LogP contribution in [0.1, 0.15) is 6.92 Å². The fourth-order valence-electron chi connectivity index (χ4n) is 3.69. The maximum Gasteiger partial charge on any atom is -0.00140 e. The second-order valence-electron chi connectivity index (χ2n) is 8.48. The summed E-state index contributed by atoms with van der Waals surface area (Å²) in [5.74, 6) is 3.07. The van der Waals surface area contributed by atoms with Gasteiger partial charge in [-0.1, -0.05) is 6.92 Å². The SMILES string of the molecule is CPCS(C)(C)(C)(C)C(C)C1C2CNCC21. The number of piperidine rings is 1. The number of rotatable bonds is 4. The number of hydrogen-bond donors (Lipinski definition) is 1. The molecule has 1 aliphatic carbocycles. The zero-order valence-electron chi connectivity index (χ0n) is 11.8. The molecule has 16 heavy (non-hydrogen) atoms. The molecular formula is C13H30NPS. The van der Waals surface area contributed by atoms with Gasteiger partial charge in [0.1, 0.15) is 0 Å². The molecule has 0 aromatic heterocycles. The molecule has 0 bridgehead atoms. The average Bonchev–Trinajstić information content (AvgIpc) is 2.54. The van der Waals surface area contributed by atoms with Gasteiger partial charge in [0.15, 0.2) is 0 Å². The maximum atomic E-state index is 3.53. The van der Waals surface area contributed by atoms with E-state index in [1.165, 1.54) is 18.6 Å². The van der Waals surface area contributed by atoms with E-state index >= 15 is 0 Å². The quantitative estimate of drug-likeness (QED) is 0.769. The van der Waals surface area contributed by atoms with Crippen LogP contribution in [0.3, 0.4) is 0 Å². The first-order valence-electron chi connectivity index (χ1n) is 6.45. The van der Waals surface area contributed by atoms with Crippen LogP contribution >= 0.6 is 16.9 Å². The van der Waals surface area contributed by atoms with Gasteiger partial charge in [-0.25, -0.2) is 0 Å². The lowest BCUT2D eigenvalue weighted by molar-refractivity contribution is 0.584. The van der Waals surface area contributed by atoms with Gasteiger partial charge in [0, 0.05) is 0 Å². The number of hydrogen-bond acceptors (Lipinski definition) is 1. The minimum absolute atomic E-state index is 0.935. The summed E-state index contributed by atoms with van der Waals surface area (Å²) in [5.41, 5.74) is 1.46. The maximum absolute atomic E-state index is 3.53. The van der Waals surface area contributed by atoms with E-state index in [1.807, 2.05) is 0 Å². The Morgan fingerprint density at radius 2 is 1.69 bits per heavy atom. The van der Waals surface area contributed by atoms with Gasteiger partial charge in [0.25, 0.3) is 0 Å². The van der Waals surface area contributed by atoms with E-state index in [2.05, 4.69) is 43.9 Å². The third kappa shape index (κ3) is 2.06. The highest BCUT2D eigenvalue weighted by Gasteiger charge is 2.62. The Morgan fingerprint density at radius 1 is 1.19 bits per heavy atom. The van der Waals surface area contributed by atoms with E-state index < -0.39 is 8.29 Å². The predicted molar refractivity (Wildman–Crippen MR) is 83.2 cm³/mol. The van der Waals surface area contributed by atoms with Crippen molar-refractivity contribution in [1.82, 2.24) is 5.32 Å². The fraction of sp³-hybridized carbons (Fsp3) is 1.00. The van der Waals surface area contributed by atoms with Crippen LogP contribution < -0.4 is 5.32 Å². The van der Waals surface area contributed by atoms with Gasteiger partial charge in [0.2, 0.25) is 0 Å². The molecule has 2 aliphatic rings. The largest absolute Gasteiger partial charge is 0.316 e. The zero-order chi connectivity index (χ0) is 12.3. The summed E-state index contributed by atoms with van der Waals surface area (Å²) < 4.78 is 0. The Labute approximate surface area is 103 Å². The summed E-state index contributed by atoms with van der Waals surface area (Å²) in [4.78, 5) is 0. The number of nitrogens with one attached hydrogen (secondary N) is 1. The Morgan fingerprint density at radius 3 is 2.12 bits per heavy atom. The first-order valence-corrected chi connectivity index (χ1v) is 12.5. The lowest BCUT2D eigenvalue weighted by Crippen LogP contribution is -2.45. The average molecular weight is 263 g/mol. The fourth-order valence-corrected chi connectivity index (χ4v) is 11.9. The molecule has 1 saturated carbocycles. The molecule has 4 unspecified atom stereocenters. The lowest BCUT2D eigenvalue weighted by atomic mass is 10.2. The summed E-state index contributed by atoms with van der Waals surface area (Å²) in [7, 11) is -0.698. The first kappa shape index (κ1) is 13.2. The summed E-state index contributed by atoms with van der Waals surface area (Å²) >= 11 is 0. The van der Waals surface area contributed by atoms with E-state index in [-0.39, 0.29) is 0 Å². The molecule has 98 valence electrons. The summed E-state index contributed by atoms with van der Waals surface area (Å²) in [5, 5.41) is 4.46. The van der Waals surface area contributed by atoms with Crippen molar-refractivity contribution in [2.45, 2.75) is 12.2 Å². The van der Waals surface area contributed by atoms with Crippen LogP contribution in [0, 0.1) is 17.8 Å². The van der Waals surface area contributed by atoms with Gasteiger partial charge in [-0.3, -0.25) is 8.29 Å². The molecule has 0 spiro atoms. The molecule has 4 atom stereocenters. The van der Waals surface area contributed by atoms with Crippen molar-refractivity contribution in [2.75, 3.05) is 50.3 Å². The van der Waals surface area contributed by atoms with Gasteiger partial charge in [-0.15, -0.1) is 8.58 Å². The van der Waals surface area contributed by atoms with Crippen LogP contribution in [0.2, 0.25) is 0 Å². The highest BCUT2D eigenvalue weighted by atomic mass is 32.4. The van der Waals surface area contributed by atoms with Crippen molar-refractivity contribution in [3.05, 3.63) is 0 Å². The molecule has 0 radical (unpaired) electrons. The molecule has 0 aromatic rings. The molecule has 1 N–H and O–H groups in total. The van der Waals surface area contributed by atoms with Gasteiger partial charge in [-0.05, 0) is 73.3 Å². The van der Waals surface area contributed by atoms with Crippen LogP contribution in [0.15, 0.2) is 0 Å². The third-order valence-corrected chi connectivity index (χ3v) is 15.5. The molecule has 3 heteroatoms. The molecule has 2 fully saturated rings. The highest BCUT2D eigenvalue weighted by molar-refractivity contribution is 8.64. The Hall–Kier alpha value is 0.740. The minimum Gasteiger partial charge on any atom is -0.316 e. The van der Waals surface area contributed by atoms with Crippen LogP contribution in [0.25, 0.3) is 0 Å². The van der Waals surface area contributed by atoms with Crippen molar-refractivity contribution in [2.24, 2.45) is 17.8 Å². The van der Waals surface area contributed by atoms with E-state index in [1.54, 1.807) is 0 Å². The normalized spacial score (nSPS) is 40.5. The van der Waals surface area contributed by atoms with Gasteiger partial charge in [-0.2, -0.15) is 0 Å².